The van der Waals surface area contributed by atoms with Gasteiger partial charge in [-0.3, -0.25) is 4.79 Å². The fourth-order valence-corrected chi connectivity index (χ4v) is 3.38. The molecule has 1 aromatic carbocycles. The number of nitrogens with zero attached hydrogens (tertiary/aromatic N) is 2. The number of hydrogen-bond acceptors (Lipinski definition) is 3. The molecule has 0 unspecified atom stereocenters. The summed E-state index contributed by atoms with van der Waals surface area (Å²) in [6.45, 7) is 9.43. The summed E-state index contributed by atoms with van der Waals surface area (Å²) >= 11 is 12.3. The lowest BCUT2D eigenvalue weighted by molar-refractivity contribution is 0.0817. The summed E-state index contributed by atoms with van der Waals surface area (Å²) in [5.74, 6) is -0.128. The monoisotopic (exact) mass is 358 g/mol. The summed E-state index contributed by atoms with van der Waals surface area (Å²) in [5.41, 5.74) is 1.17. The molecule has 0 amide bonds. The van der Waals surface area contributed by atoms with Crippen molar-refractivity contribution in [1.29, 1.82) is 0 Å². The average molecular weight is 359 g/mol. The quantitative estimate of drug-likeness (QED) is 0.420. The van der Waals surface area contributed by atoms with Crippen molar-refractivity contribution in [3.8, 4) is 0 Å². The van der Waals surface area contributed by atoms with E-state index >= 15 is 0 Å². The molecule has 0 radical (unpaired) electrons. The summed E-state index contributed by atoms with van der Waals surface area (Å²) in [4.78, 5) is 11.8. The van der Waals surface area contributed by atoms with E-state index in [0.717, 1.165) is 11.6 Å². The lowest BCUT2D eigenvalue weighted by atomic mass is 10.1. The zero-order chi connectivity index (χ0) is 16.5. The fourth-order valence-electron chi connectivity index (χ4n) is 2.14. The summed E-state index contributed by atoms with van der Waals surface area (Å²) < 4.78 is 7.41. The number of hydrogen-bond donors (Lipinski definition) is 0. The summed E-state index contributed by atoms with van der Waals surface area (Å²) in [7, 11) is -1.11. The molecule has 0 aliphatic carbocycles. The highest BCUT2D eigenvalue weighted by Crippen LogP contribution is 2.33. The van der Waals surface area contributed by atoms with Gasteiger partial charge in [0.25, 0.3) is 0 Å². The minimum Gasteiger partial charge on any atom is -0.360 e. The van der Waals surface area contributed by atoms with E-state index in [9.17, 15) is 4.79 Å². The van der Waals surface area contributed by atoms with Crippen LogP contribution in [0.1, 0.15) is 17.3 Å². The molecule has 0 aliphatic rings. The van der Waals surface area contributed by atoms with Crippen LogP contribution in [0.25, 0.3) is 10.9 Å². The molecule has 1 heterocycles. The number of ketones is 1. The van der Waals surface area contributed by atoms with Gasteiger partial charge in [0.05, 0.1) is 21.8 Å². The first-order chi connectivity index (χ1) is 10.2. The first-order valence-corrected chi connectivity index (χ1v) is 11.6. The number of carbonyl (C=O) groups is 1. The maximum Gasteiger partial charge on any atom is 0.162 e. The molecule has 0 saturated heterocycles. The molecular weight excluding hydrogens is 339 g/mol. The lowest BCUT2D eigenvalue weighted by Gasteiger charge is -2.15. The van der Waals surface area contributed by atoms with Crippen LogP contribution in [0.15, 0.2) is 12.3 Å². The van der Waals surface area contributed by atoms with Crippen LogP contribution in [0, 0.1) is 0 Å². The Balaban J connectivity index is 2.24. The third-order valence-corrected chi connectivity index (χ3v) is 5.90. The van der Waals surface area contributed by atoms with Crippen LogP contribution in [-0.2, 0) is 11.5 Å². The van der Waals surface area contributed by atoms with Crippen LogP contribution in [0.2, 0.25) is 35.7 Å². The predicted octanol–water partition coefficient (Wildman–Crippen LogP) is 4.86. The predicted molar refractivity (Wildman–Crippen MR) is 93.9 cm³/mol. The standard InChI is InChI=1S/C15H20Cl2N2O2Si/c1-10(20)14-11-8-18-19(9-21-5-6-22(2,3)4)13(11)7-12(16)15(14)17/h7-8H,5-6,9H2,1-4H3. The maximum absolute atomic E-state index is 11.8. The smallest absolute Gasteiger partial charge is 0.162 e. The van der Waals surface area contributed by atoms with Gasteiger partial charge in [-0.25, -0.2) is 4.68 Å². The van der Waals surface area contributed by atoms with Crippen LogP contribution in [0.4, 0.5) is 0 Å². The Morgan fingerprint density at radius 3 is 2.64 bits per heavy atom. The van der Waals surface area contributed by atoms with E-state index in [1.165, 1.54) is 6.92 Å². The second-order valence-corrected chi connectivity index (χ2v) is 12.9. The van der Waals surface area contributed by atoms with E-state index in [4.69, 9.17) is 27.9 Å². The Morgan fingerprint density at radius 2 is 2.05 bits per heavy atom. The number of carbonyl (C=O) groups excluding carboxylic acids is 1. The van der Waals surface area contributed by atoms with Crippen molar-refractivity contribution in [2.45, 2.75) is 39.3 Å². The van der Waals surface area contributed by atoms with Gasteiger partial charge >= 0.3 is 0 Å². The Morgan fingerprint density at radius 1 is 1.36 bits per heavy atom. The molecule has 0 saturated carbocycles. The number of halogens is 2. The second-order valence-electron chi connectivity index (χ2n) is 6.53. The van der Waals surface area contributed by atoms with Crippen molar-refractivity contribution in [3.05, 3.63) is 27.9 Å². The molecular formula is C15H20Cl2N2O2Si. The van der Waals surface area contributed by atoms with E-state index in [1.807, 2.05) is 0 Å². The Hall–Kier alpha value is -0.883. The zero-order valence-corrected chi connectivity index (χ0v) is 15.8. The largest absolute Gasteiger partial charge is 0.360 e. The van der Waals surface area contributed by atoms with Crippen molar-refractivity contribution in [2.24, 2.45) is 0 Å². The minimum absolute atomic E-state index is 0.128. The van der Waals surface area contributed by atoms with Gasteiger partial charge in [0.15, 0.2) is 5.78 Å². The summed E-state index contributed by atoms with van der Waals surface area (Å²) in [6.07, 6.45) is 1.64. The molecule has 0 fully saturated rings. The van der Waals surface area contributed by atoms with Crippen LogP contribution in [0.3, 0.4) is 0 Å². The highest BCUT2D eigenvalue weighted by molar-refractivity contribution is 6.76. The molecule has 4 nitrogen and oxygen atoms in total. The SMILES string of the molecule is CC(=O)c1c(Cl)c(Cl)cc2c1cnn2COCC[Si](C)(C)C. The van der Waals surface area contributed by atoms with Crippen LogP contribution in [-0.4, -0.2) is 30.2 Å². The molecule has 0 bridgehead atoms. The minimum atomic E-state index is -1.11. The topological polar surface area (TPSA) is 44.1 Å². The maximum atomic E-state index is 11.8. The van der Waals surface area contributed by atoms with Crippen molar-refractivity contribution < 1.29 is 9.53 Å². The fraction of sp³-hybridized carbons (Fsp3) is 0.467. The van der Waals surface area contributed by atoms with Crippen molar-refractivity contribution in [1.82, 2.24) is 9.78 Å². The highest BCUT2D eigenvalue weighted by atomic mass is 35.5. The summed E-state index contributed by atoms with van der Waals surface area (Å²) in [5, 5.41) is 5.62. The average Bonchev–Trinajstić information content (AvgIpc) is 2.77. The molecule has 0 atom stereocenters. The molecule has 0 spiro atoms. The number of aromatic nitrogens is 2. The molecule has 120 valence electrons. The van der Waals surface area contributed by atoms with E-state index < -0.39 is 8.07 Å². The Labute approximate surface area is 141 Å². The van der Waals surface area contributed by atoms with Gasteiger partial charge in [-0.1, -0.05) is 42.8 Å². The molecule has 2 rings (SSSR count). The molecule has 0 N–H and O–H groups in total. The van der Waals surface area contributed by atoms with E-state index in [-0.39, 0.29) is 10.8 Å². The van der Waals surface area contributed by atoms with Crippen molar-refractivity contribution in [2.75, 3.05) is 6.61 Å². The number of ether oxygens (including phenoxy) is 1. The summed E-state index contributed by atoms with van der Waals surface area (Å²) in [6, 6.07) is 2.82. The van der Waals surface area contributed by atoms with Gasteiger partial charge < -0.3 is 4.74 Å². The second kappa shape index (κ2) is 6.70. The number of benzene rings is 1. The first kappa shape index (κ1) is 17.5. The van der Waals surface area contributed by atoms with Gasteiger partial charge in [-0.05, 0) is 19.0 Å². The third kappa shape index (κ3) is 3.90. The molecule has 1 aromatic heterocycles. The third-order valence-electron chi connectivity index (χ3n) is 3.40. The molecule has 2 aromatic rings. The Kier molecular flexibility index (Phi) is 5.32. The van der Waals surface area contributed by atoms with Crippen LogP contribution in [0.5, 0.6) is 0 Å². The Bertz CT molecular complexity index is 708. The zero-order valence-electron chi connectivity index (χ0n) is 13.2. The van der Waals surface area contributed by atoms with Gasteiger partial charge in [-0.2, -0.15) is 5.10 Å². The van der Waals surface area contributed by atoms with Crippen molar-refractivity contribution >= 4 is 48.0 Å². The molecule has 0 aliphatic heterocycles. The lowest BCUT2D eigenvalue weighted by Crippen LogP contribution is -2.22. The van der Waals surface area contributed by atoms with Crippen LogP contribution < -0.4 is 0 Å². The highest BCUT2D eigenvalue weighted by Gasteiger charge is 2.18. The van der Waals surface area contributed by atoms with E-state index in [0.29, 0.717) is 29.3 Å². The van der Waals surface area contributed by atoms with E-state index in [2.05, 4.69) is 24.7 Å². The van der Waals surface area contributed by atoms with Gasteiger partial charge in [0.1, 0.15) is 6.73 Å². The number of fused-ring (bicyclic) bond motifs is 1. The number of rotatable bonds is 6. The van der Waals surface area contributed by atoms with Gasteiger partial charge in [0.2, 0.25) is 0 Å². The van der Waals surface area contributed by atoms with E-state index in [1.54, 1.807) is 16.9 Å². The van der Waals surface area contributed by atoms with Gasteiger partial charge in [-0.15, -0.1) is 0 Å². The number of Topliss-reactive ketones (excluding diaryl/α,β-unsaturated/α-hetero) is 1. The van der Waals surface area contributed by atoms with Crippen molar-refractivity contribution in [3.63, 3.8) is 0 Å². The molecule has 7 heteroatoms. The normalized spacial score (nSPS) is 12.1. The van der Waals surface area contributed by atoms with Gasteiger partial charge in [0, 0.05) is 25.6 Å². The first-order valence-electron chi connectivity index (χ1n) is 7.13. The molecule has 22 heavy (non-hydrogen) atoms. The van der Waals surface area contributed by atoms with Crippen LogP contribution >= 0.6 is 23.2 Å².